The maximum absolute atomic E-state index is 12.4. The Kier molecular flexibility index (Phi) is 5.50. The summed E-state index contributed by atoms with van der Waals surface area (Å²) in [4.78, 5) is 14.7. The molecule has 2 aromatic rings. The first-order chi connectivity index (χ1) is 12.0. The van der Waals surface area contributed by atoms with E-state index in [1.54, 1.807) is 4.68 Å². The highest BCUT2D eigenvalue weighted by atomic mass is 16.5. The highest BCUT2D eigenvalue weighted by Crippen LogP contribution is 2.12. The number of hydrogen-bond donors (Lipinski definition) is 1. The largest absolute Gasteiger partial charge is 0.373 e. The number of hydrogen-bond acceptors (Lipinski definition) is 4. The molecule has 0 bridgehead atoms. The maximum atomic E-state index is 12.4. The van der Waals surface area contributed by atoms with Gasteiger partial charge in [0.25, 0.3) is 5.91 Å². The Hall–Kier alpha value is -2.18. The van der Waals surface area contributed by atoms with Gasteiger partial charge in [-0.1, -0.05) is 18.2 Å². The second kappa shape index (κ2) is 7.80. The van der Waals surface area contributed by atoms with Crippen molar-refractivity contribution in [1.82, 2.24) is 20.0 Å². The minimum absolute atomic E-state index is 0.132. The van der Waals surface area contributed by atoms with E-state index in [4.69, 9.17) is 4.74 Å². The molecular weight excluding hydrogens is 316 g/mol. The average molecular weight is 342 g/mol. The fraction of sp³-hybridized carbons (Fsp3) is 0.474. The first kappa shape index (κ1) is 17.6. The van der Waals surface area contributed by atoms with Crippen LogP contribution < -0.4 is 5.32 Å². The monoisotopic (exact) mass is 342 g/mol. The SMILES string of the molecule is Cc1cc(C(=O)NCCN2C[C@@H](C)O[C@H](C)C2)nn1-c1ccccc1. The number of benzene rings is 1. The molecule has 3 rings (SSSR count). The number of amides is 1. The Balaban J connectivity index is 1.55. The molecule has 2 atom stereocenters. The summed E-state index contributed by atoms with van der Waals surface area (Å²) in [6.45, 7) is 9.36. The van der Waals surface area contributed by atoms with E-state index in [1.165, 1.54) is 0 Å². The second-order valence-corrected chi connectivity index (χ2v) is 6.69. The molecular formula is C19H26N4O2. The third-order valence-corrected chi connectivity index (χ3v) is 4.33. The van der Waals surface area contributed by atoms with Crippen LogP contribution in [0.3, 0.4) is 0 Å². The molecule has 1 aromatic heterocycles. The summed E-state index contributed by atoms with van der Waals surface area (Å²) in [5, 5.41) is 7.41. The molecule has 0 saturated carbocycles. The van der Waals surface area contributed by atoms with Gasteiger partial charge in [-0.15, -0.1) is 0 Å². The van der Waals surface area contributed by atoms with Crippen molar-refractivity contribution in [3.8, 4) is 5.69 Å². The van der Waals surface area contributed by atoms with Crippen molar-refractivity contribution in [2.75, 3.05) is 26.2 Å². The minimum atomic E-state index is -0.132. The van der Waals surface area contributed by atoms with Gasteiger partial charge >= 0.3 is 0 Å². The van der Waals surface area contributed by atoms with Crippen LogP contribution in [-0.2, 0) is 4.74 Å². The topological polar surface area (TPSA) is 59.4 Å². The number of aryl methyl sites for hydroxylation is 1. The van der Waals surface area contributed by atoms with Gasteiger partial charge in [-0.05, 0) is 39.0 Å². The van der Waals surface area contributed by atoms with Gasteiger partial charge < -0.3 is 10.1 Å². The summed E-state index contributed by atoms with van der Waals surface area (Å²) in [6.07, 6.45) is 0.479. The van der Waals surface area contributed by atoms with E-state index < -0.39 is 0 Å². The molecule has 0 radical (unpaired) electrons. The van der Waals surface area contributed by atoms with Gasteiger partial charge in [0.1, 0.15) is 0 Å². The highest BCUT2D eigenvalue weighted by molar-refractivity contribution is 5.92. The van der Waals surface area contributed by atoms with Gasteiger partial charge in [0.15, 0.2) is 5.69 Å². The first-order valence-corrected chi connectivity index (χ1v) is 8.81. The number of ether oxygens (including phenoxy) is 1. The van der Waals surface area contributed by atoms with Crippen LogP contribution in [0, 0.1) is 6.92 Å². The molecule has 1 aliphatic heterocycles. The Morgan fingerprint density at radius 2 is 1.92 bits per heavy atom. The van der Waals surface area contributed by atoms with E-state index in [9.17, 15) is 4.79 Å². The van der Waals surface area contributed by atoms with E-state index in [-0.39, 0.29) is 18.1 Å². The van der Waals surface area contributed by atoms with Crippen LogP contribution in [-0.4, -0.2) is 59.0 Å². The van der Waals surface area contributed by atoms with Crippen molar-refractivity contribution in [3.63, 3.8) is 0 Å². The lowest BCUT2D eigenvalue weighted by Crippen LogP contribution is -2.47. The molecule has 1 amide bonds. The number of carbonyl (C=O) groups is 1. The van der Waals surface area contributed by atoms with E-state index >= 15 is 0 Å². The van der Waals surface area contributed by atoms with E-state index in [0.717, 1.165) is 31.0 Å². The molecule has 2 heterocycles. The molecule has 1 saturated heterocycles. The van der Waals surface area contributed by atoms with Gasteiger partial charge in [-0.3, -0.25) is 9.69 Å². The summed E-state index contributed by atoms with van der Waals surface area (Å²) in [5.41, 5.74) is 2.34. The highest BCUT2D eigenvalue weighted by Gasteiger charge is 2.22. The predicted octanol–water partition coefficient (Wildman–Crippen LogP) is 2.02. The summed E-state index contributed by atoms with van der Waals surface area (Å²) >= 11 is 0. The van der Waals surface area contributed by atoms with Crippen LogP contribution >= 0.6 is 0 Å². The van der Waals surface area contributed by atoms with Crippen LogP contribution in [0.5, 0.6) is 0 Å². The fourth-order valence-electron chi connectivity index (χ4n) is 3.30. The zero-order chi connectivity index (χ0) is 17.8. The molecule has 1 N–H and O–H groups in total. The molecule has 134 valence electrons. The fourth-order valence-corrected chi connectivity index (χ4v) is 3.30. The van der Waals surface area contributed by atoms with Crippen molar-refractivity contribution in [1.29, 1.82) is 0 Å². The number of aromatic nitrogens is 2. The molecule has 0 unspecified atom stereocenters. The summed E-state index contributed by atoms with van der Waals surface area (Å²) < 4.78 is 7.52. The van der Waals surface area contributed by atoms with E-state index in [1.807, 2.05) is 43.3 Å². The third-order valence-electron chi connectivity index (χ3n) is 4.33. The van der Waals surface area contributed by atoms with Crippen LogP contribution in [0.1, 0.15) is 30.0 Å². The van der Waals surface area contributed by atoms with Gasteiger partial charge in [-0.2, -0.15) is 5.10 Å². The molecule has 0 aliphatic carbocycles. The van der Waals surface area contributed by atoms with Crippen molar-refractivity contribution < 1.29 is 9.53 Å². The van der Waals surface area contributed by atoms with Crippen LogP contribution in [0.4, 0.5) is 0 Å². The second-order valence-electron chi connectivity index (χ2n) is 6.69. The number of nitrogens with zero attached hydrogens (tertiary/aromatic N) is 3. The molecule has 25 heavy (non-hydrogen) atoms. The zero-order valence-corrected chi connectivity index (χ0v) is 15.1. The predicted molar refractivity (Wildman–Crippen MR) is 97.1 cm³/mol. The quantitative estimate of drug-likeness (QED) is 0.903. The minimum Gasteiger partial charge on any atom is -0.373 e. The summed E-state index contributed by atoms with van der Waals surface area (Å²) in [7, 11) is 0. The lowest BCUT2D eigenvalue weighted by atomic mass is 10.2. The van der Waals surface area contributed by atoms with E-state index in [0.29, 0.717) is 12.2 Å². The van der Waals surface area contributed by atoms with Crippen molar-refractivity contribution in [3.05, 3.63) is 47.8 Å². The molecule has 1 aromatic carbocycles. The smallest absolute Gasteiger partial charge is 0.271 e. The number of rotatable bonds is 5. The van der Waals surface area contributed by atoms with Crippen molar-refractivity contribution >= 4 is 5.91 Å². The zero-order valence-electron chi connectivity index (χ0n) is 15.1. The number of nitrogens with one attached hydrogen (secondary N) is 1. The molecule has 6 heteroatoms. The summed E-state index contributed by atoms with van der Waals surface area (Å²) in [5.74, 6) is -0.132. The number of carbonyl (C=O) groups excluding carboxylic acids is 1. The lowest BCUT2D eigenvalue weighted by molar-refractivity contribution is -0.0672. The first-order valence-electron chi connectivity index (χ1n) is 8.81. The number of morpholine rings is 1. The van der Waals surface area contributed by atoms with Crippen molar-refractivity contribution in [2.24, 2.45) is 0 Å². The Bertz CT molecular complexity index is 703. The number of para-hydroxylation sites is 1. The molecule has 0 spiro atoms. The lowest BCUT2D eigenvalue weighted by Gasteiger charge is -2.35. The normalized spacial score (nSPS) is 21.2. The third kappa shape index (κ3) is 4.46. The van der Waals surface area contributed by atoms with Gasteiger partial charge in [0.05, 0.1) is 17.9 Å². The maximum Gasteiger partial charge on any atom is 0.271 e. The summed E-state index contributed by atoms with van der Waals surface area (Å²) in [6, 6.07) is 11.6. The van der Waals surface area contributed by atoms with Crippen molar-refractivity contribution in [2.45, 2.75) is 33.0 Å². The molecule has 1 aliphatic rings. The molecule has 6 nitrogen and oxygen atoms in total. The van der Waals surface area contributed by atoms with Crippen LogP contribution in [0.25, 0.3) is 5.69 Å². The van der Waals surface area contributed by atoms with Gasteiger partial charge in [0.2, 0.25) is 0 Å². The Labute approximate surface area is 148 Å². The van der Waals surface area contributed by atoms with Crippen LogP contribution in [0.15, 0.2) is 36.4 Å². The standard InChI is InChI=1S/C19H26N4O2/c1-14-11-18(21-23(14)17-7-5-4-6-8-17)19(24)20-9-10-22-12-15(2)25-16(3)13-22/h4-8,11,15-16H,9-10,12-13H2,1-3H3,(H,20,24)/t15-,16-/m1/s1. The average Bonchev–Trinajstić information content (AvgIpc) is 2.97. The molecule has 1 fully saturated rings. The van der Waals surface area contributed by atoms with Gasteiger partial charge in [-0.25, -0.2) is 4.68 Å². The van der Waals surface area contributed by atoms with E-state index in [2.05, 4.69) is 29.2 Å². The Morgan fingerprint density at radius 1 is 1.24 bits per heavy atom. The Morgan fingerprint density at radius 3 is 2.60 bits per heavy atom. The van der Waals surface area contributed by atoms with Gasteiger partial charge in [0, 0.05) is 31.9 Å². The van der Waals surface area contributed by atoms with Crippen LogP contribution in [0.2, 0.25) is 0 Å².